The third-order valence-electron chi connectivity index (χ3n) is 3.17. The second kappa shape index (κ2) is 7.61. The number of carbonyl (C=O) groups is 2. The summed E-state index contributed by atoms with van der Waals surface area (Å²) in [6, 6.07) is 16.1. The zero-order chi connectivity index (χ0) is 15.9. The Morgan fingerprint density at radius 3 is 2.50 bits per heavy atom. The van der Waals surface area contributed by atoms with Crippen LogP contribution in [0.1, 0.15) is 28.9 Å². The van der Waals surface area contributed by atoms with Crippen molar-refractivity contribution in [2.45, 2.75) is 13.0 Å². The Morgan fingerprint density at radius 1 is 1.09 bits per heavy atom. The molecule has 0 aliphatic carbocycles. The van der Waals surface area contributed by atoms with E-state index in [2.05, 4.69) is 10.6 Å². The third-order valence-corrected chi connectivity index (χ3v) is 3.41. The molecule has 2 amide bonds. The van der Waals surface area contributed by atoms with Gasteiger partial charge in [0.25, 0.3) is 5.91 Å². The zero-order valence-corrected chi connectivity index (χ0v) is 12.9. The van der Waals surface area contributed by atoms with Crippen LogP contribution >= 0.6 is 11.6 Å². The van der Waals surface area contributed by atoms with E-state index in [1.807, 2.05) is 37.3 Å². The number of carbonyl (C=O) groups excluding carboxylic acids is 2. The van der Waals surface area contributed by atoms with Crippen LogP contribution in [0.25, 0.3) is 0 Å². The fourth-order valence-corrected chi connectivity index (χ4v) is 2.20. The van der Waals surface area contributed by atoms with Crippen molar-refractivity contribution in [2.75, 3.05) is 6.54 Å². The van der Waals surface area contributed by atoms with Gasteiger partial charge in [-0.1, -0.05) is 48.0 Å². The number of rotatable bonds is 5. The fraction of sp³-hybridized carbons (Fsp3) is 0.176. The molecule has 0 aromatic heterocycles. The van der Waals surface area contributed by atoms with Crippen molar-refractivity contribution in [3.05, 3.63) is 70.7 Å². The summed E-state index contributed by atoms with van der Waals surface area (Å²) in [4.78, 5) is 23.8. The minimum Gasteiger partial charge on any atom is -0.348 e. The summed E-state index contributed by atoms with van der Waals surface area (Å²) in [5.41, 5.74) is 1.44. The molecule has 0 aliphatic heterocycles. The molecular weight excluding hydrogens is 300 g/mol. The van der Waals surface area contributed by atoms with Crippen LogP contribution in [-0.4, -0.2) is 18.4 Å². The first-order chi connectivity index (χ1) is 10.6. The molecule has 0 spiro atoms. The molecule has 0 unspecified atom stereocenters. The standard InChI is InChI=1S/C17H17ClN2O2/c1-12(13-6-3-2-4-7-13)20-16(21)11-19-17(22)14-8-5-9-15(18)10-14/h2-10,12H,11H2,1H3,(H,19,22)(H,20,21)/t12-/m0/s1. The normalized spacial score (nSPS) is 11.5. The Balaban J connectivity index is 1.84. The molecule has 0 saturated carbocycles. The van der Waals surface area contributed by atoms with Gasteiger partial charge in [-0.15, -0.1) is 0 Å². The van der Waals surface area contributed by atoms with Crippen molar-refractivity contribution in [3.8, 4) is 0 Å². The smallest absolute Gasteiger partial charge is 0.251 e. The summed E-state index contributed by atoms with van der Waals surface area (Å²) in [5.74, 6) is -0.572. The lowest BCUT2D eigenvalue weighted by molar-refractivity contribution is -0.120. The molecule has 2 aromatic carbocycles. The maximum Gasteiger partial charge on any atom is 0.251 e. The van der Waals surface area contributed by atoms with Gasteiger partial charge in [0, 0.05) is 10.6 Å². The van der Waals surface area contributed by atoms with E-state index in [9.17, 15) is 9.59 Å². The van der Waals surface area contributed by atoms with E-state index in [0.29, 0.717) is 10.6 Å². The van der Waals surface area contributed by atoms with E-state index in [1.165, 1.54) is 0 Å². The van der Waals surface area contributed by atoms with Crippen LogP contribution in [0, 0.1) is 0 Å². The predicted octanol–water partition coefficient (Wildman–Crippen LogP) is 2.95. The lowest BCUT2D eigenvalue weighted by atomic mass is 10.1. The van der Waals surface area contributed by atoms with Gasteiger partial charge in [-0.25, -0.2) is 0 Å². The maximum atomic E-state index is 11.9. The van der Waals surface area contributed by atoms with Crippen molar-refractivity contribution in [3.63, 3.8) is 0 Å². The molecule has 0 radical (unpaired) electrons. The molecule has 2 aromatic rings. The summed E-state index contributed by atoms with van der Waals surface area (Å²) in [6.45, 7) is 1.81. The molecule has 1 atom stereocenters. The molecule has 0 aliphatic rings. The Morgan fingerprint density at radius 2 is 1.82 bits per heavy atom. The van der Waals surface area contributed by atoms with Crippen molar-refractivity contribution >= 4 is 23.4 Å². The average molecular weight is 317 g/mol. The first-order valence-electron chi connectivity index (χ1n) is 6.94. The predicted molar refractivity (Wildman–Crippen MR) is 86.8 cm³/mol. The highest BCUT2D eigenvalue weighted by Crippen LogP contribution is 2.11. The number of hydrogen-bond acceptors (Lipinski definition) is 2. The van der Waals surface area contributed by atoms with Crippen LogP contribution in [0.4, 0.5) is 0 Å². The molecule has 0 saturated heterocycles. The van der Waals surface area contributed by atoms with E-state index in [1.54, 1.807) is 24.3 Å². The van der Waals surface area contributed by atoms with E-state index in [0.717, 1.165) is 5.56 Å². The zero-order valence-electron chi connectivity index (χ0n) is 12.2. The number of hydrogen-bond donors (Lipinski definition) is 2. The van der Waals surface area contributed by atoms with Crippen LogP contribution in [0.3, 0.4) is 0 Å². The maximum absolute atomic E-state index is 11.9. The second-order valence-corrected chi connectivity index (χ2v) is 5.33. The summed E-state index contributed by atoms with van der Waals surface area (Å²) < 4.78 is 0. The van der Waals surface area contributed by atoms with E-state index in [4.69, 9.17) is 11.6 Å². The summed E-state index contributed by atoms with van der Waals surface area (Å²) in [6.07, 6.45) is 0. The summed E-state index contributed by atoms with van der Waals surface area (Å²) >= 11 is 5.83. The quantitative estimate of drug-likeness (QED) is 0.891. The number of benzene rings is 2. The lowest BCUT2D eigenvalue weighted by Gasteiger charge is -2.14. The number of halogens is 1. The molecule has 22 heavy (non-hydrogen) atoms. The van der Waals surface area contributed by atoms with Crippen LogP contribution in [0.15, 0.2) is 54.6 Å². The summed E-state index contributed by atoms with van der Waals surface area (Å²) in [7, 11) is 0. The molecule has 0 bridgehead atoms. The van der Waals surface area contributed by atoms with Gasteiger partial charge < -0.3 is 10.6 Å². The van der Waals surface area contributed by atoms with Crippen LogP contribution in [0.5, 0.6) is 0 Å². The Labute approximate surface area is 134 Å². The SMILES string of the molecule is C[C@H](NC(=O)CNC(=O)c1cccc(Cl)c1)c1ccccc1. The van der Waals surface area contributed by atoms with Gasteiger partial charge in [0.1, 0.15) is 0 Å². The van der Waals surface area contributed by atoms with E-state index < -0.39 is 0 Å². The largest absolute Gasteiger partial charge is 0.348 e. The highest BCUT2D eigenvalue weighted by Gasteiger charge is 2.11. The molecule has 0 heterocycles. The highest BCUT2D eigenvalue weighted by molar-refractivity contribution is 6.30. The van der Waals surface area contributed by atoms with Gasteiger partial charge in [-0.05, 0) is 30.7 Å². The van der Waals surface area contributed by atoms with Gasteiger partial charge in [-0.2, -0.15) is 0 Å². The summed E-state index contributed by atoms with van der Waals surface area (Å²) in [5, 5.41) is 5.89. The van der Waals surface area contributed by atoms with Gasteiger partial charge in [0.2, 0.25) is 5.91 Å². The highest BCUT2D eigenvalue weighted by atomic mass is 35.5. The van der Waals surface area contributed by atoms with Crippen molar-refractivity contribution in [2.24, 2.45) is 0 Å². The van der Waals surface area contributed by atoms with E-state index in [-0.39, 0.29) is 24.4 Å². The molecule has 5 heteroatoms. The minimum absolute atomic E-state index is 0.0808. The monoisotopic (exact) mass is 316 g/mol. The number of amides is 2. The minimum atomic E-state index is -0.329. The van der Waals surface area contributed by atoms with Crippen LogP contribution < -0.4 is 10.6 Å². The van der Waals surface area contributed by atoms with Crippen LogP contribution in [0.2, 0.25) is 5.02 Å². The average Bonchev–Trinajstić information content (AvgIpc) is 2.53. The topological polar surface area (TPSA) is 58.2 Å². The van der Waals surface area contributed by atoms with E-state index >= 15 is 0 Å². The van der Waals surface area contributed by atoms with Gasteiger partial charge in [-0.3, -0.25) is 9.59 Å². The van der Waals surface area contributed by atoms with Gasteiger partial charge >= 0.3 is 0 Å². The fourth-order valence-electron chi connectivity index (χ4n) is 2.01. The number of nitrogens with one attached hydrogen (secondary N) is 2. The molecule has 4 nitrogen and oxygen atoms in total. The molecule has 0 fully saturated rings. The third kappa shape index (κ3) is 4.60. The first-order valence-corrected chi connectivity index (χ1v) is 7.32. The lowest BCUT2D eigenvalue weighted by Crippen LogP contribution is -2.38. The Hall–Kier alpha value is -2.33. The Bertz CT molecular complexity index is 659. The van der Waals surface area contributed by atoms with Gasteiger partial charge in [0.05, 0.1) is 12.6 Å². The molecule has 2 rings (SSSR count). The van der Waals surface area contributed by atoms with Crippen LogP contribution in [-0.2, 0) is 4.79 Å². The van der Waals surface area contributed by atoms with Crippen molar-refractivity contribution in [1.82, 2.24) is 10.6 Å². The molecule has 2 N–H and O–H groups in total. The van der Waals surface area contributed by atoms with Gasteiger partial charge in [0.15, 0.2) is 0 Å². The molecule has 114 valence electrons. The van der Waals surface area contributed by atoms with Crippen molar-refractivity contribution in [1.29, 1.82) is 0 Å². The van der Waals surface area contributed by atoms with Crippen molar-refractivity contribution < 1.29 is 9.59 Å². The first kappa shape index (κ1) is 16.0. The second-order valence-electron chi connectivity index (χ2n) is 4.89. The Kier molecular flexibility index (Phi) is 5.55. The molecular formula is C17H17ClN2O2.